The molecule has 1 atom stereocenters. The van der Waals surface area contributed by atoms with E-state index in [4.69, 9.17) is 10.00 Å². The molecule has 0 bridgehead atoms. The van der Waals surface area contributed by atoms with Crippen molar-refractivity contribution in [3.63, 3.8) is 0 Å². The number of carbonyl (C=O) groups excluding carboxylic acids is 1. The van der Waals surface area contributed by atoms with E-state index in [2.05, 4.69) is 20.8 Å². The maximum Gasteiger partial charge on any atom is 0.240 e. The number of hydrogen-bond acceptors (Lipinski definition) is 5. The van der Waals surface area contributed by atoms with E-state index in [0.717, 1.165) is 78.2 Å². The Morgan fingerprint density at radius 1 is 1.00 bits per heavy atom. The molecule has 1 aromatic rings. The van der Waals surface area contributed by atoms with E-state index in [1.165, 1.54) is 5.56 Å². The van der Waals surface area contributed by atoms with Gasteiger partial charge in [0, 0.05) is 58.5 Å². The highest BCUT2D eigenvalue weighted by atomic mass is 16.5. The third-order valence-corrected chi connectivity index (χ3v) is 6.41. The minimum absolute atomic E-state index is 0.0636. The first-order valence-corrected chi connectivity index (χ1v) is 10.6. The molecule has 0 N–H and O–H groups in total. The van der Waals surface area contributed by atoms with E-state index < -0.39 is 0 Å². The number of likely N-dealkylation sites (tertiary alicyclic amines) is 1. The topological polar surface area (TPSA) is 59.8 Å². The Labute approximate surface area is 167 Å². The molecule has 0 radical (unpaired) electrons. The molecule has 0 aliphatic carbocycles. The molecular formula is C22H30N4O2. The van der Waals surface area contributed by atoms with Crippen LogP contribution in [0.2, 0.25) is 0 Å². The number of amides is 1. The van der Waals surface area contributed by atoms with E-state index in [1.807, 2.05) is 24.3 Å². The monoisotopic (exact) mass is 382 g/mol. The van der Waals surface area contributed by atoms with E-state index in [1.54, 1.807) is 0 Å². The van der Waals surface area contributed by atoms with Crippen LogP contribution in [0, 0.1) is 11.3 Å². The van der Waals surface area contributed by atoms with Crippen molar-refractivity contribution in [3.05, 3.63) is 35.4 Å². The fourth-order valence-corrected chi connectivity index (χ4v) is 4.75. The van der Waals surface area contributed by atoms with Crippen molar-refractivity contribution in [2.75, 3.05) is 45.9 Å². The van der Waals surface area contributed by atoms with Gasteiger partial charge in [0.15, 0.2) is 0 Å². The van der Waals surface area contributed by atoms with Crippen molar-refractivity contribution >= 4 is 5.91 Å². The molecule has 3 heterocycles. The Balaban J connectivity index is 1.30. The molecule has 28 heavy (non-hydrogen) atoms. The average molecular weight is 383 g/mol. The summed E-state index contributed by atoms with van der Waals surface area (Å²) in [6.45, 7) is 7.27. The van der Waals surface area contributed by atoms with Crippen molar-refractivity contribution in [3.8, 4) is 6.07 Å². The zero-order valence-corrected chi connectivity index (χ0v) is 16.6. The van der Waals surface area contributed by atoms with Crippen LogP contribution in [0.25, 0.3) is 0 Å². The lowest BCUT2D eigenvalue weighted by atomic mass is 9.97. The molecule has 0 aromatic heterocycles. The molecule has 150 valence electrons. The van der Waals surface area contributed by atoms with Gasteiger partial charge in [-0.15, -0.1) is 0 Å². The minimum Gasteiger partial charge on any atom is -0.381 e. The molecule has 6 heteroatoms. The van der Waals surface area contributed by atoms with Gasteiger partial charge in [-0.25, -0.2) is 0 Å². The molecule has 0 spiro atoms. The van der Waals surface area contributed by atoms with Crippen LogP contribution in [0.5, 0.6) is 0 Å². The summed E-state index contributed by atoms with van der Waals surface area (Å²) < 4.78 is 5.47. The molecule has 3 aliphatic rings. The summed E-state index contributed by atoms with van der Waals surface area (Å²) in [5.41, 5.74) is 1.95. The van der Waals surface area contributed by atoms with E-state index >= 15 is 0 Å². The Morgan fingerprint density at radius 3 is 2.39 bits per heavy atom. The van der Waals surface area contributed by atoms with Crippen LogP contribution >= 0.6 is 0 Å². The largest absolute Gasteiger partial charge is 0.381 e. The highest BCUT2D eigenvalue weighted by molar-refractivity contribution is 5.83. The fraction of sp³-hybridized carbons (Fsp3) is 0.636. The maximum absolute atomic E-state index is 13.2. The standard InChI is InChI=1S/C22H30N4O2/c23-16-18-3-5-19(6-4-18)17-24-10-12-25(13-11-24)21-2-1-9-26(22(21)27)20-7-14-28-15-8-20/h3-6,20-21H,1-2,7-15,17H2. The number of nitriles is 1. The van der Waals surface area contributed by atoms with Gasteiger partial charge in [-0.2, -0.15) is 5.26 Å². The summed E-state index contributed by atoms with van der Waals surface area (Å²) in [6, 6.07) is 10.5. The smallest absolute Gasteiger partial charge is 0.240 e. The normalized spacial score (nSPS) is 25.6. The van der Waals surface area contributed by atoms with Crippen molar-refractivity contribution in [1.82, 2.24) is 14.7 Å². The second-order valence-corrected chi connectivity index (χ2v) is 8.15. The summed E-state index contributed by atoms with van der Waals surface area (Å²) >= 11 is 0. The summed E-state index contributed by atoms with van der Waals surface area (Å²) in [5.74, 6) is 0.346. The van der Waals surface area contributed by atoms with Crippen LogP contribution in [0.1, 0.15) is 36.8 Å². The van der Waals surface area contributed by atoms with Crippen LogP contribution in [0.3, 0.4) is 0 Å². The average Bonchev–Trinajstić information content (AvgIpc) is 2.76. The highest BCUT2D eigenvalue weighted by Crippen LogP contribution is 2.24. The van der Waals surface area contributed by atoms with E-state index in [9.17, 15) is 4.79 Å². The minimum atomic E-state index is 0.0636. The lowest BCUT2D eigenvalue weighted by Gasteiger charge is -2.45. The van der Waals surface area contributed by atoms with E-state index in [-0.39, 0.29) is 6.04 Å². The summed E-state index contributed by atoms with van der Waals surface area (Å²) in [7, 11) is 0. The SMILES string of the molecule is N#Cc1ccc(CN2CCN(C3CCCN(C4CCOCC4)C3=O)CC2)cc1. The number of hydrogen-bond donors (Lipinski definition) is 0. The number of piperidine rings is 1. The Kier molecular flexibility index (Phi) is 6.26. The number of piperazine rings is 1. The van der Waals surface area contributed by atoms with Crippen molar-refractivity contribution in [2.24, 2.45) is 0 Å². The molecular weight excluding hydrogens is 352 g/mol. The molecule has 1 unspecified atom stereocenters. The maximum atomic E-state index is 13.2. The summed E-state index contributed by atoms with van der Waals surface area (Å²) in [6.07, 6.45) is 4.07. The first-order chi connectivity index (χ1) is 13.7. The number of carbonyl (C=O) groups is 1. The van der Waals surface area contributed by atoms with Crippen LogP contribution in [-0.4, -0.2) is 78.6 Å². The predicted molar refractivity (Wildman–Crippen MR) is 107 cm³/mol. The summed E-state index contributed by atoms with van der Waals surface area (Å²) in [4.78, 5) is 20.2. The van der Waals surface area contributed by atoms with Crippen LogP contribution in [0.15, 0.2) is 24.3 Å². The summed E-state index contributed by atoms with van der Waals surface area (Å²) in [5, 5.41) is 8.92. The first kappa shape index (κ1) is 19.4. The number of nitrogens with zero attached hydrogens (tertiary/aromatic N) is 4. The molecule has 4 rings (SSSR count). The quantitative estimate of drug-likeness (QED) is 0.795. The Bertz CT molecular complexity index is 700. The fourth-order valence-electron chi connectivity index (χ4n) is 4.75. The van der Waals surface area contributed by atoms with Gasteiger partial charge in [0.1, 0.15) is 0 Å². The van der Waals surface area contributed by atoms with Crippen molar-refractivity contribution < 1.29 is 9.53 Å². The zero-order chi connectivity index (χ0) is 19.3. The van der Waals surface area contributed by atoms with Crippen molar-refractivity contribution in [1.29, 1.82) is 5.26 Å². The second kappa shape index (κ2) is 9.04. The van der Waals surface area contributed by atoms with Gasteiger partial charge in [0.05, 0.1) is 17.7 Å². The number of benzene rings is 1. The molecule has 1 amide bonds. The third kappa shape index (κ3) is 4.38. The Hall–Kier alpha value is -1.94. The molecule has 3 saturated heterocycles. The molecule has 6 nitrogen and oxygen atoms in total. The molecule has 3 fully saturated rings. The van der Waals surface area contributed by atoms with Gasteiger partial charge in [0.2, 0.25) is 5.91 Å². The zero-order valence-electron chi connectivity index (χ0n) is 16.6. The molecule has 0 saturated carbocycles. The Morgan fingerprint density at radius 2 is 1.71 bits per heavy atom. The number of rotatable bonds is 4. The third-order valence-electron chi connectivity index (χ3n) is 6.41. The molecule has 3 aliphatic heterocycles. The lowest BCUT2D eigenvalue weighted by molar-refractivity contribution is -0.145. The second-order valence-electron chi connectivity index (χ2n) is 8.15. The lowest BCUT2D eigenvalue weighted by Crippen LogP contribution is -2.59. The van der Waals surface area contributed by atoms with Gasteiger partial charge >= 0.3 is 0 Å². The molecule has 1 aromatic carbocycles. The van der Waals surface area contributed by atoms with Crippen molar-refractivity contribution in [2.45, 2.75) is 44.3 Å². The van der Waals surface area contributed by atoms with Crippen LogP contribution in [-0.2, 0) is 16.1 Å². The van der Waals surface area contributed by atoms with Gasteiger partial charge in [-0.05, 0) is 43.4 Å². The predicted octanol–water partition coefficient (Wildman–Crippen LogP) is 1.85. The highest BCUT2D eigenvalue weighted by Gasteiger charge is 2.37. The first-order valence-electron chi connectivity index (χ1n) is 10.6. The van der Waals surface area contributed by atoms with Crippen LogP contribution < -0.4 is 0 Å². The van der Waals surface area contributed by atoms with Crippen LogP contribution in [0.4, 0.5) is 0 Å². The van der Waals surface area contributed by atoms with Gasteiger partial charge in [0.25, 0.3) is 0 Å². The van der Waals surface area contributed by atoms with Gasteiger partial charge in [-0.1, -0.05) is 12.1 Å². The van der Waals surface area contributed by atoms with Gasteiger partial charge < -0.3 is 9.64 Å². The number of ether oxygens (including phenoxy) is 1. The van der Waals surface area contributed by atoms with Gasteiger partial charge in [-0.3, -0.25) is 14.6 Å². The van der Waals surface area contributed by atoms with E-state index in [0.29, 0.717) is 17.5 Å².